The van der Waals surface area contributed by atoms with Crippen molar-refractivity contribution in [1.82, 2.24) is 5.32 Å². The van der Waals surface area contributed by atoms with Crippen molar-refractivity contribution in [1.29, 1.82) is 0 Å². The molecule has 3 nitrogen and oxygen atoms in total. The Morgan fingerprint density at radius 1 is 0.955 bits per heavy atom. The van der Waals surface area contributed by atoms with Crippen LogP contribution in [0, 0.1) is 6.92 Å². The summed E-state index contributed by atoms with van der Waals surface area (Å²) in [5.41, 5.74) is 2.57. The Bertz CT molecular complexity index is 656. The van der Waals surface area contributed by atoms with Crippen molar-refractivity contribution in [3.63, 3.8) is 0 Å². The van der Waals surface area contributed by atoms with Gasteiger partial charge in [0.1, 0.15) is 4.83 Å². The minimum Gasteiger partial charge on any atom is -0.291 e. The predicted octanol–water partition coefficient (Wildman–Crippen LogP) is 4.15. The number of aryl methyl sites for hydroxylation is 1. The standard InChI is InChI=1S/C17H15Br2NO2/c1-11-7-9-12(10-8-11)14(18)15(19)17(22)20-16(21)13-5-3-2-4-6-13/h2-10,14-15H,1H3,(H,20,21,22). The summed E-state index contributed by atoms with van der Waals surface area (Å²) < 4.78 is 0. The maximum atomic E-state index is 12.2. The van der Waals surface area contributed by atoms with Crippen LogP contribution in [0.1, 0.15) is 26.3 Å². The van der Waals surface area contributed by atoms with Crippen molar-refractivity contribution in [2.45, 2.75) is 16.6 Å². The van der Waals surface area contributed by atoms with Crippen molar-refractivity contribution in [3.8, 4) is 0 Å². The molecule has 2 unspecified atom stereocenters. The van der Waals surface area contributed by atoms with Gasteiger partial charge in [-0.25, -0.2) is 0 Å². The van der Waals surface area contributed by atoms with E-state index in [0.717, 1.165) is 11.1 Å². The van der Waals surface area contributed by atoms with Crippen molar-refractivity contribution in [2.24, 2.45) is 0 Å². The molecule has 2 atom stereocenters. The van der Waals surface area contributed by atoms with E-state index in [-0.39, 0.29) is 10.7 Å². The molecule has 2 aromatic carbocycles. The van der Waals surface area contributed by atoms with Crippen LogP contribution in [-0.2, 0) is 4.79 Å². The Balaban J connectivity index is 2.02. The van der Waals surface area contributed by atoms with E-state index >= 15 is 0 Å². The average Bonchev–Trinajstić information content (AvgIpc) is 2.55. The molecule has 2 rings (SSSR count). The Morgan fingerprint density at radius 2 is 1.55 bits per heavy atom. The van der Waals surface area contributed by atoms with E-state index in [4.69, 9.17) is 0 Å². The molecule has 114 valence electrons. The molecular formula is C17H15Br2NO2. The van der Waals surface area contributed by atoms with Gasteiger partial charge in [0, 0.05) is 5.56 Å². The number of alkyl halides is 2. The third-order valence-corrected chi connectivity index (χ3v) is 5.89. The predicted molar refractivity (Wildman–Crippen MR) is 94.5 cm³/mol. The maximum Gasteiger partial charge on any atom is 0.257 e. The molecule has 0 saturated carbocycles. The summed E-state index contributed by atoms with van der Waals surface area (Å²) in [7, 11) is 0. The van der Waals surface area contributed by atoms with Gasteiger partial charge >= 0.3 is 0 Å². The Kier molecular flexibility index (Phi) is 5.91. The minimum atomic E-state index is -0.553. The maximum absolute atomic E-state index is 12.2. The summed E-state index contributed by atoms with van der Waals surface area (Å²) in [5.74, 6) is -0.782. The summed E-state index contributed by atoms with van der Waals surface area (Å²) in [4.78, 5) is 23.4. The Hall–Kier alpha value is -1.46. The van der Waals surface area contributed by atoms with Gasteiger partial charge in [0.25, 0.3) is 5.91 Å². The molecule has 0 saturated heterocycles. The number of rotatable bonds is 4. The molecule has 22 heavy (non-hydrogen) atoms. The highest BCUT2D eigenvalue weighted by atomic mass is 79.9. The first kappa shape index (κ1) is 16.9. The lowest BCUT2D eigenvalue weighted by molar-refractivity contribution is -0.119. The molecule has 0 aliphatic heterocycles. The van der Waals surface area contributed by atoms with Gasteiger partial charge in [0.2, 0.25) is 5.91 Å². The van der Waals surface area contributed by atoms with Crippen LogP contribution in [0.5, 0.6) is 0 Å². The molecule has 5 heteroatoms. The molecule has 0 heterocycles. The van der Waals surface area contributed by atoms with Crippen LogP contribution in [0.4, 0.5) is 0 Å². The molecule has 1 N–H and O–H groups in total. The second-order valence-corrected chi connectivity index (χ2v) is 6.87. The van der Waals surface area contributed by atoms with Gasteiger partial charge < -0.3 is 0 Å². The molecule has 2 amide bonds. The average molecular weight is 425 g/mol. The molecular weight excluding hydrogens is 410 g/mol. The van der Waals surface area contributed by atoms with E-state index in [1.54, 1.807) is 24.3 Å². The highest BCUT2D eigenvalue weighted by Gasteiger charge is 2.26. The molecule has 0 aliphatic carbocycles. The molecule has 0 spiro atoms. The zero-order valence-electron chi connectivity index (χ0n) is 11.9. The minimum absolute atomic E-state index is 0.225. The highest BCUT2D eigenvalue weighted by molar-refractivity contribution is 9.12. The van der Waals surface area contributed by atoms with E-state index < -0.39 is 10.7 Å². The van der Waals surface area contributed by atoms with E-state index in [1.165, 1.54) is 0 Å². The molecule has 0 aromatic heterocycles. The van der Waals surface area contributed by atoms with Gasteiger partial charge in [-0.15, -0.1) is 0 Å². The third-order valence-electron chi connectivity index (χ3n) is 3.18. The highest BCUT2D eigenvalue weighted by Crippen LogP contribution is 2.31. The van der Waals surface area contributed by atoms with Crippen molar-refractivity contribution in [3.05, 3.63) is 71.3 Å². The van der Waals surface area contributed by atoms with Crippen LogP contribution in [0.25, 0.3) is 0 Å². The first-order chi connectivity index (χ1) is 10.5. The third kappa shape index (κ3) is 4.27. The van der Waals surface area contributed by atoms with Gasteiger partial charge in [-0.1, -0.05) is 79.9 Å². The zero-order chi connectivity index (χ0) is 16.1. The lowest BCUT2D eigenvalue weighted by Crippen LogP contribution is -2.37. The van der Waals surface area contributed by atoms with E-state index in [2.05, 4.69) is 37.2 Å². The second kappa shape index (κ2) is 7.70. The van der Waals surface area contributed by atoms with Gasteiger partial charge in [0.15, 0.2) is 0 Å². The van der Waals surface area contributed by atoms with Crippen LogP contribution in [0.3, 0.4) is 0 Å². The van der Waals surface area contributed by atoms with Crippen molar-refractivity contribution >= 4 is 43.7 Å². The van der Waals surface area contributed by atoms with E-state index in [9.17, 15) is 9.59 Å². The van der Waals surface area contributed by atoms with Crippen LogP contribution < -0.4 is 5.32 Å². The normalized spacial score (nSPS) is 13.2. The van der Waals surface area contributed by atoms with E-state index in [0.29, 0.717) is 5.56 Å². The van der Waals surface area contributed by atoms with Crippen molar-refractivity contribution in [2.75, 3.05) is 0 Å². The smallest absolute Gasteiger partial charge is 0.257 e. The fourth-order valence-electron chi connectivity index (χ4n) is 1.89. The summed E-state index contributed by atoms with van der Waals surface area (Å²) in [5, 5.41) is 2.40. The first-order valence-electron chi connectivity index (χ1n) is 6.74. The summed E-state index contributed by atoms with van der Waals surface area (Å²) in [6.45, 7) is 2.00. The van der Waals surface area contributed by atoms with Gasteiger partial charge in [0.05, 0.1) is 4.83 Å². The zero-order valence-corrected chi connectivity index (χ0v) is 15.1. The van der Waals surface area contributed by atoms with E-state index in [1.807, 2.05) is 37.3 Å². The summed E-state index contributed by atoms with van der Waals surface area (Å²) in [6, 6.07) is 16.5. The quantitative estimate of drug-likeness (QED) is 0.749. The van der Waals surface area contributed by atoms with Gasteiger partial charge in [-0.05, 0) is 24.6 Å². The van der Waals surface area contributed by atoms with Crippen LogP contribution in [-0.4, -0.2) is 16.6 Å². The largest absolute Gasteiger partial charge is 0.291 e. The molecule has 0 radical (unpaired) electrons. The molecule has 2 aromatic rings. The number of halogens is 2. The number of nitrogens with one attached hydrogen (secondary N) is 1. The molecule has 0 bridgehead atoms. The number of benzene rings is 2. The summed E-state index contributed by atoms with van der Waals surface area (Å²) >= 11 is 6.86. The fraction of sp³-hybridized carbons (Fsp3) is 0.176. The van der Waals surface area contributed by atoms with Crippen LogP contribution >= 0.6 is 31.9 Å². The number of imide groups is 1. The lowest BCUT2D eigenvalue weighted by atomic mass is 10.1. The second-order valence-electron chi connectivity index (χ2n) is 4.90. The van der Waals surface area contributed by atoms with Gasteiger partial charge in [-0.3, -0.25) is 14.9 Å². The number of carbonyl (C=O) groups is 2. The topological polar surface area (TPSA) is 46.2 Å². The number of hydrogen-bond donors (Lipinski definition) is 1. The monoisotopic (exact) mass is 423 g/mol. The molecule has 0 fully saturated rings. The SMILES string of the molecule is Cc1ccc(C(Br)C(Br)C(=O)NC(=O)c2ccccc2)cc1. The fourth-order valence-corrected chi connectivity index (χ4v) is 2.86. The van der Waals surface area contributed by atoms with Crippen LogP contribution in [0.2, 0.25) is 0 Å². The van der Waals surface area contributed by atoms with Crippen LogP contribution in [0.15, 0.2) is 54.6 Å². The Morgan fingerprint density at radius 3 is 2.14 bits per heavy atom. The number of amides is 2. The number of carbonyl (C=O) groups excluding carboxylic acids is 2. The van der Waals surface area contributed by atoms with Gasteiger partial charge in [-0.2, -0.15) is 0 Å². The lowest BCUT2D eigenvalue weighted by Gasteiger charge is -2.16. The Labute approximate surface area is 146 Å². The summed E-state index contributed by atoms with van der Waals surface area (Å²) in [6.07, 6.45) is 0. The number of hydrogen-bond acceptors (Lipinski definition) is 2. The molecule has 0 aliphatic rings. The first-order valence-corrected chi connectivity index (χ1v) is 8.57. The van der Waals surface area contributed by atoms with Crippen molar-refractivity contribution < 1.29 is 9.59 Å².